The predicted octanol–water partition coefficient (Wildman–Crippen LogP) is 25.5. The van der Waals surface area contributed by atoms with E-state index in [9.17, 15) is 0 Å². The second-order valence-electron chi connectivity index (χ2n) is 38.6. The van der Waals surface area contributed by atoms with Crippen LogP contribution in [0.1, 0.15) is 260 Å². The van der Waals surface area contributed by atoms with E-state index < -0.39 is 0 Å². The molecule has 6 aromatic carbocycles. The van der Waals surface area contributed by atoms with Crippen LogP contribution in [0.4, 0.5) is 22.1 Å². The van der Waals surface area contributed by atoms with Crippen LogP contribution < -0.4 is 19.6 Å². The Bertz CT molecular complexity index is 4280. The zero-order chi connectivity index (χ0) is 89.3. The van der Waals surface area contributed by atoms with E-state index in [4.69, 9.17) is 4.74 Å². The van der Waals surface area contributed by atoms with Gasteiger partial charge in [-0.25, -0.2) is 0 Å². The Balaban J connectivity index is 0.000000316. The van der Waals surface area contributed by atoms with Crippen molar-refractivity contribution in [2.45, 2.75) is 279 Å². The van der Waals surface area contributed by atoms with Gasteiger partial charge < -0.3 is 39.0 Å². The molecular weight excluding hydrogens is 1650 g/mol. The SMILES string of the molecule is C.C.C.C.C.C.C.C=CCN1CCC(c2ccc(C)cc2)CC1.CCC(C)N1CCN(c2ccc(C)cc2)CC1.CCN1CCC(c2ccc(C)cc2)CC1.COCCN1CCC(c2ccc(C)cc2)CC1.Cc1ccc(N2CCN3CCCC3C2)cc1.Cc1ccc(N2CCN3CCCC3C2)s1.Cc1ccc(N2C[C@@H](C)N(C)[C@@H](C)C2)cc1.Cc1cnc(C2CCN(C)CC2)cn1. The highest BCUT2D eigenvalue weighted by Crippen LogP contribution is 2.35. The van der Waals surface area contributed by atoms with Gasteiger partial charge >= 0.3 is 0 Å². The largest absolute Gasteiger partial charge is 0.383 e. The summed E-state index contributed by atoms with van der Waals surface area (Å²) in [7, 11) is 6.18. The van der Waals surface area contributed by atoms with Gasteiger partial charge in [0.15, 0.2) is 0 Å². The smallest absolute Gasteiger partial charge is 0.0912 e. The maximum atomic E-state index is 5.13. The highest BCUT2D eigenvalue weighted by atomic mass is 32.1. The Morgan fingerprint density at radius 3 is 1.17 bits per heavy atom. The molecule has 10 aliphatic rings. The van der Waals surface area contributed by atoms with E-state index >= 15 is 0 Å². The molecule has 0 amide bonds. The Hall–Kier alpha value is -7.32. The third-order valence-electron chi connectivity index (χ3n) is 29.1. The fraction of sp³-hybridized carbons (Fsp3) is 0.607. The number of nitrogens with zero attached hydrogens (tertiary/aromatic N) is 14. The molecule has 133 heavy (non-hydrogen) atoms. The summed E-state index contributed by atoms with van der Waals surface area (Å²) in [5, 5.41) is 1.47. The molecule has 744 valence electrons. The Labute approximate surface area is 821 Å². The molecule has 10 fully saturated rings. The van der Waals surface area contributed by atoms with Gasteiger partial charge in [0, 0.05) is 169 Å². The predicted molar refractivity (Wildman–Crippen MR) is 589 cm³/mol. The second kappa shape index (κ2) is 61.8. The fourth-order valence-corrected chi connectivity index (χ4v) is 20.8. The number of hydrogen-bond donors (Lipinski definition) is 0. The molecule has 0 saturated carbocycles. The first kappa shape index (κ1) is 118. The zero-order valence-electron chi connectivity index (χ0n) is 81.3. The van der Waals surface area contributed by atoms with Gasteiger partial charge in [-0.15, -0.1) is 17.9 Å². The van der Waals surface area contributed by atoms with Crippen LogP contribution >= 0.6 is 11.3 Å². The molecule has 0 radical (unpaired) electrons. The Morgan fingerprint density at radius 1 is 0.398 bits per heavy atom. The zero-order valence-corrected chi connectivity index (χ0v) is 82.1. The average molecular weight is 1850 g/mol. The standard InChI is InChI=1S/C15H24N2.C15H23NO.C15H21N.C14H20N2.C14H22N2.C14H21N.C12H18N2S.C11H17N3.7CH4/c1-4-14(3)16-9-11-17(12-10-16)15-7-5-13(2)6-8-15;1-13-3-5-14(6-4-13)15-7-9-16(10-8-15)11-12-17-2;1-3-10-16-11-8-15(9-12-16)14-6-4-13(2)5-7-14;1-12-4-6-13(7-5-12)16-10-9-15-8-2-3-14(15)11-16;1-11-5-7-14(8-6-11)16-9-12(2)15(4)13(3)10-16;1-3-15-10-8-14(9-11-15)13-6-4-12(2)5-7-13;1-10-4-5-12(15-10)14-8-7-13-6-2-3-11(13)9-14;1-9-7-13-11(8-12-9)10-3-5-14(2)6-4-10;;;;;;;/h5-8,14H,4,9-12H2,1-3H3;3-6,15H,7-12H2,1-2H3;3-7,15H,1,8-12H2,2H3;4-7,14H,2-3,8-11H2,1H3;5-8,12-13H,9-10H2,1-4H3;4-7,14H,3,8-11H2,1-2H3;4-5,11H,2-3,6-9H2,1H3;7-8,10H,3-6H2,1-2H3;7*1H4/t;;;;12-,13+;;;;;;;;;;. The molecule has 18 rings (SSSR count). The van der Waals surface area contributed by atoms with E-state index in [1.807, 2.05) is 36.7 Å². The normalized spacial score (nSPS) is 20.8. The molecule has 16 heteroatoms. The molecule has 0 spiro atoms. The van der Waals surface area contributed by atoms with Crippen LogP contribution in [0, 0.1) is 55.4 Å². The number of methoxy groups -OCH3 is 1. The lowest BCUT2D eigenvalue weighted by atomic mass is 9.89. The van der Waals surface area contributed by atoms with Crippen LogP contribution in [0.25, 0.3) is 0 Å². The molecular formula is C117H194N14OS. The van der Waals surface area contributed by atoms with Gasteiger partial charge in [-0.05, 0) is 329 Å². The quantitative estimate of drug-likeness (QED) is 0.0862. The summed E-state index contributed by atoms with van der Waals surface area (Å²) in [6.45, 7) is 63.3. The van der Waals surface area contributed by atoms with Crippen molar-refractivity contribution in [2.24, 2.45) is 0 Å². The molecule has 5 atom stereocenters. The van der Waals surface area contributed by atoms with E-state index in [0.717, 1.165) is 87.4 Å². The number of rotatable bonds is 16. The number of ether oxygens (including phenoxy) is 1. The minimum atomic E-state index is 0. The summed E-state index contributed by atoms with van der Waals surface area (Å²) in [4.78, 5) is 40.6. The van der Waals surface area contributed by atoms with Crippen molar-refractivity contribution in [1.29, 1.82) is 0 Å². The van der Waals surface area contributed by atoms with Gasteiger partial charge in [-0.2, -0.15) is 0 Å². The first-order valence-electron chi connectivity index (χ1n) is 49.2. The summed E-state index contributed by atoms with van der Waals surface area (Å²) in [5.74, 6) is 2.95. The number of hydrogen-bond acceptors (Lipinski definition) is 16. The van der Waals surface area contributed by atoms with Crippen molar-refractivity contribution in [3.8, 4) is 0 Å². The topological polar surface area (TPSA) is 73.9 Å². The molecule has 0 aliphatic carbocycles. The van der Waals surface area contributed by atoms with Gasteiger partial charge in [0.2, 0.25) is 0 Å². The molecule has 3 unspecified atom stereocenters. The second-order valence-corrected chi connectivity index (χ2v) is 39.8. The number of aromatic nitrogens is 2. The lowest BCUT2D eigenvalue weighted by molar-refractivity contribution is 0.130. The van der Waals surface area contributed by atoms with Gasteiger partial charge in [-0.1, -0.05) is 214 Å². The van der Waals surface area contributed by atoms with Crippen molar-refractivity contribution in [2.75, 3.05) is 211 Å². The monoisotopic (exact) mass is 1840 g/mol. The number of piperazine rings is 4. The number of likely N-dealkylation sites (tertiary alicyclic amines) is 4. The van der Waals surface area contributed by atoms with Gasteiger partial charge in [0.25, 0.3) is 0 Å². The van der Waals surface area contributed by atoms with Crippen LogP contribution in [0.5, 0.6) is 0 Å². The Morgan fingerprint density at radius 2 is 0.782 bits per heavy atom. The summed E-state index contributed by atoms with van der Waals surface area (Å²) >= 11 is 1.94. The third kappa shape index (κ3) is 37.8. The molecule has 10 aliphatic heterocycles. The highest BCUT2D eigenvalue weighted by Gasteiger charge is 2.34. The van der Waals surface area contributed by atoms with E-state index in [-0.39, 0.29) is 52.0 Å². The van der Waals surface area contributed by atoms with E-state index in [1.54, 1.807) is 7.11 Å². The molecule has 0 bridgehead atoms. The number of likely N-dealkylation sites (N-methyl/N-ethyl adjacent to an activating group) is 1. The summed E-state index contributed by atoms with van der Waals surface area (Å²) < 4.78 is 5.13. The van der Waals surface area contributed by atoms with E-state index in [2.05, 4.69) is 330 Å². The first-order chi connectivity index (χ1) is 61.1. The number of piperidine rings is 4. The van der Waals surface area contributed by atoms with Gasteiger partial charge in [0.05, 0.1) is 23.0 Å². The lowest BCUT2D eigenvalue weighted by Gasteiger charge is -2.43. The third-order valence-corrected chi connectivity index (χ3v) is 30.2. The molecule has 2 aromatic heterocycles. The van der Waals surface area contributed by atoms with Crippen LogP contribution in [-0.4, -0.2) is 271 Å². The van der Waals surface area contributed by atoms with Crippen molar-refractivity contribution in [3.05, 3.63) is 249 Å². The molecule has 10 saturated heterocycles. The molecule has 12 heterocycles. The van der Waals surface area contributed by atoms with Gasteiger partial charge in [0.1, 0.15) is 0 Å². The first-order valence-corrected chi connectivity index (χ1v) is 50.0. The van der Waals surface area contributed by atoms with Gasteiger partial charge in [-0.3, -0.25) is 34.5 Å². The number of fused-ring (bicyclic) bond motifs is 2. The van der Waals surface area contributed by atoms with Crippen molar-refractivity contribution < 1.29 is 4.74 Å². The van der Waals surface area contributed by atoms with E-state index in [1.165, 1.54) is 291 Å². The maximum absolute atomic E-state index is 5.13. The highest BCUT2D eigenvalue weighted by molar-refractivity contribution is 7.16. The fourth-order valence-electron chi connectivity index (χ4n) is 19.9. The number of aryl methyl sites for hydroxylation is 8. The maximum Gasteiger partial charge on any atom is 0.0912 e. The number of thiophene rings is 1. The van der Waals surface area contributed by atoms with Crippen LogP contribution in [-0.2, 0) is 4.74 Å². The lowest BCUT2D eigenvalue weighted by Crippen LogP contribution is -2.55. The minimum absolute atomic E-state index is 0. The van der Waals surface area contributed by atoms with Crippen molar-refractivity contribution in [3.63, 3.8) is 0 Å². The molecule has 15 nitrogen and oxygen atoms in total. The summed E-state index contributed by atoms with van der Waals surface area (Å²) in [6.07, 6.45) is 22.9. The number of anilines is 4. The van der Waals surface area contributed by atoms with Crippen LogP contribution in [0.15, 0.2) is 183 Å². The average Bonchev–Trinajstić information content (AvgIpc) is 1.68. The van der Waals surface area contributed by atoms with E-state index in [0.29, 0.717) is 18.0 Å². The summed E-state index contributed by atoms with van der Waals surface area (Å²) in [6, 6.07) is 62.1. The van der Waals surface area contributed by atoms with Crippen LogP contribution in [0.3, 0.4) is 0 Å². The summed E-state index contributed by atoms with van der Waals surface area (Å²) in [5.41, 5.74) is 19.0. The molecule has 8 aromatic rings. The van der Waals surface area contributed by atoms with Crippen molar-refractivity contribution in [1.82, 2.24) is 49.2 Å². The Kier molecular flexibility index (Phi) is 54.8. The number of benzene rings is 6. The van der Waals surface area contributed by atoms with Crippen molar-refractivity contribution >= 4 is 33.4 Å². The minimum Gasteiger partial charge on any atom is -0.383 e. The van der Waals surface area contributed by atoms with Crippen LogP contribution in [0.2, 0.25) is 0 Å². The molecule has 0 N–H and O–H groups in total.